The fourth-order valence-corrected chi connectivity index (χ4v) is 2.95. The second kappa shape index (κ2) is 8.40. The van der Waals surface area contributed by atoms with Gasteiger partial charge in [-0.2, -0.15) is 5.06 Å². The maximum absolute atomic E-state index is 12.5. The summed E-state index contributed by atoms with van der Waals surface area (Å²) in [6.45, 7) is -0.145. The largest absolute Gasteiger partial charge is 1.00 e. The van der Waals surface area contributed by atoms with Gasteiger partial charge in [0.2, 0.25) is 0 Å². The predicted molar refractivity (Wildman–Crippen MR) is 83.3 cm³/mol. The standard InChI is InChI=1S/C15H15N3O6S.Na/c19-12-4-5-15(24-12,14(21)22)18-13(20)10(8-23-18)17-11(25)7-9-3-1-2-6-16-9;/h1-3,6,10H,4-5,7-8H2,(H,17,25)(H,21,22);/q;+1/p-1/t10-,15?;/m0./s1. The van der Waals surface area contributed by atoms with Gasteiger partial charge >= 0.3 is 35.5 Å². The third kappa shape index (κ3) is 4.04. The van der Waals surface area contributed by atoms with Gasteiger partial charge in [-0.25, -0.2) is 0 Å². The molecule has 2 fully saturated rings. The van der Waals surface area contributed by atoms with Crippen LogP contribution in [-0.4, -0.2) is 51.3 Å². The number of nitrogens with one attached hydrogen (secondary N) is 1. The summed E-state index contributed by atoms with van der Waals surface area (Å²) in [6, 6.07) is 4.49. The molecule has 26 heavy (non-hydrogen) atoms. The van der Waals surface area contributed by atoms with Crippen LogP contribution in [0.5, 0.6) is 0 Å². The first-order chi connectivity index (χ1) is 11.9. The maximum Gasteiger partial charge on any atom is 1.00 e. The van der Waals surface area contributed by atoms with Crippen LogP contribution < -0.4 is 40.0 Å². The molecule has 1 unspecified atom stereocenters. The van der Waals surface area contributed by atoms with Gasteiger partial charge in [0.1, 0.15) is 18.6 Å². The number of amides is 1. The van der Waals surface area contributed by atoms with Crippen molar-refractivity contribution in [1.29, 1.82) is 0 Å². The van der Waals surface area contributed by atoms with Gasteiger partial charge in [-0.05, 0) is 12.1 Å². The van der Waals surface area contributed by atoms with E-state index >= 15 is 0 Å². The van der Waals surface area contributed by atoms with Crippen molar-refractivity contribution in [2.45, 2.75) is 31.0 Å². The van der Waals surface area contributed by atoms with Crippen molar-refractivity contribution >= 4 is 35.1 Å². The second-order valence-electron chi connectivity index (χ2n) is 5.59. The van der Waals surface area contributed by atoms with Gasteiger partial charge in [0.25, 0.3) is 11.6 Å². The molecular formula is C15H14N3NaO6S. The molecule has 0 bridgehead atoms. The molecular weight excluding hydrogens is 373 g/mol. The molecule has 1 aromatic heterocycles. The van der Waals surface area contributed by atoms with E-state index in [1.54, 1.807) is 18.3 Å². The Labute approximate surface area is 176 Å². The minimum Gasteiger partial charge on any atom is -0.544 e. The molecule has 2 aliphatic heterocycles. The zero-order valence-corrected chi connectivity index (χ0v) is 16.8. The first kappa shape index (κ1) is 20.7. The van der Waals surface area contributed by atoms with Crippen LogP contribution in [0.4, 0.5) is 0 Å². The predicted octanol–water partition coefficient (Wildman–Crippen LogP) is -4.53. The number of pyridine rings is 1. The summed E-state index contributed by atoms with van der Waals surface area (Å²) in [5, 5.41) is 14.8. The average Bonchev–Trinajstić information content (AvgIpc) is 3.13. The first-order valence-electron chi connectivity index (χ1n) is 7.52. The summed E-state index contributed by atoms with van der Waals surface area (Å²) in [4.78, 5) is 44.9. The Kier molecular flexibility index (Phi) is 6.69. The molecule has 1 aromatic rings. The quantitative estimate of drug-likeness (QED) is 0.303. The topological polar surface area (TPSA) is 121 Å². The summed E-state index contributed by atoms with van der Waals surface area (Å²) in [5.41, 5.74) is -1.51. The summed E-state index contributed by atoms with van der Waals surface area (Å²) < 4.78 is 4.82. The third-order valence-corrected chi connectivity index (χ3v) is 4.13. The minimum atomic E-state index is -2.23. The smallest absolute Gasteiger partial charge is 0.544 e. The van der Waals surface area contributed by atoms with Crippen LogP contribution in [0.25, 0.3) is 0 Å². The van der Waals surface area contributed by atoms with Crippen molar-refractivity contribution < 1.29 is 58.6 Å². The van der Waals surface area contributed by atoms with Gasteiger partial charge in [-0.3, -0.25) is 19.4 Å². The van der Waals surface area contributed by atoms with Crippen LogP contribution in [-0.2, 0) is 30.4 Å². The van der Waals surface area contributed by atoms with Gasteiger partial charge < -0.3 is 20.0 Å². The number of carboxylic acids is 1. The molecule has 0 spiro atoms. The van der Waals surface area contributed by atoms with E-state index in [0.29, 0.717) is 16.5 Å². The maximum atomic E-state index is 12.5. The molecule has 0 aliphatic carbocycles. The van der Waals surface area contributed by atoms with Gasteiger partial charge in [-0.1, -0.05) is 18.3 Å². The molecule has 0 aromatic carbocycles. The molecule has 11 heteroatoms. The normalized spacial score (nSPS) is 24.8. The van der Waals surface area contributed by atoms with Gasteiger partial charge in [-0.15, -0.1) is 0 Å². The molecule has 1 amide bonds. The third-order valence-electron chi connectivity index (χ3n) is 3.87. The van der Waals surface area contributed by atoms with E-state index in [2.05, 4.69) is 10.3 Å². The Hall–Kier alpha value is -1.59. The van der Waals surface area contributed by atoms with Gasteiger partial charge in [0.05, 0.1) is 11.4 Å². The Morgan fingerprint density at radius 3 is 2.81 bits per heavy atom. The fraction of sp³-hybridized carbons (Fsp3) is 0.400. The number of carbonyl (C=O) groups excluding carboxylic acids is 3. The molecule has 3 rings (SSSR count). The minimum absolute atomic E-state index is 0. The number of esters is 1. The summed E-state index contributed by atoms with van der Waals surface area (Å²) in [6.07, 6.45) is 1.57. The molecule has 2 saturated heterocycles. The number of hydrogen-bond donors (Lipinski definition) is 1. The zero-order chi connectivity index (χ0) is 18.0. The van der Waals surface area contributed by atoms with Crippen molar-refractivity contribution in [2.24, 2.45) is 0 Å². The molecule has 9 nitrogen and oxygen atoms in total. The number of hydrogen-bond acceptors (Lipinski definition) is 8. The number of aromatic nitrogens is 1. The SMILES string of the molecule is O=C1CCC(C(=O)[O-])(N2OC[C@H](NC(=S)Cc3ccccn3)C2=O)O1.[Na+]. The molecule has 2 atom stereocenters. The number of nitrogens with zero attached hydrogens (tertiary/aromatic N) is 2. The Morgan fingerprint density at radius 1 is 1.46 bits per heavy atom. The van der Waals surface area contributed by atoms with E-state index in [9.17, 15) is 19.5 Å². The number of ether oxygens (including phenoxy) is 1. The Balaban J connectivity index is 0.00000243. The zero-order valence-electron chi connectivity index (χ0n) is 14.0. The molecule has 2 aliphatic rings. The summed E-state index contributed by atoms with van der Waals surface area (Å²) >= 11 is 5.21. The first-order valence-corrected chi connectivity index (χ1v) is 7.93. The van der Waals surface area contributed by atoms with Crippen LogP contribution >= 0.6 is 12.2 Å². The van der Waals surface area contributed by atoms with Crippen LogP contribution in [0.3, 0.4) is 0 Å². The Bertz CT molecular complexity index is 733. The van der Waals surface area contributed by atoms with Crippen LogP contribution in [0, 0.1) is 0 Å². The van der Waals surface area contributed by atoms with Gasteiger partial charge in [0, 0.05) is 24.7 Å². The number of carbonyl (C=O) groups is 3. The van der Waals surface area contributed by atoms with E-state index in [-0.39, 0.29) is 49.0 Å². The van der Waals surface area contributed by atoms with Crippen molar-refractivity contribution in [1.82, 2.24) is 15.4 Å². The number of hydroxylamine groups is 2. The molecule has 1 N–H and O–H groups in total. The molecule has 0 saturated carbocycles. The van der Waals surface area contributed by atoms with Gasteiger partial charge in [0.15, 0.2) is 0 Å². The Morgan fingerprint density at radius 2 is 2.23 bits per heavy atom. The average molecular weight is 387 g/mol. The number of carboxylic acid groups (broad SMARTS) is 1. The van der Waals surface area contributed by atoms with Crippen molar-refractivity contribution in [3.63, 3.8) is 0 Å². The number of aliphatic carboxylic acids is 1. The van der Waals surface area contributed by atoms with E-state index in [4.69, 9.17) is 21.8 Å². The van der Waals surface area contributed by atoms with Crippen molar-refractivity contribution in [3.05, 3.63) is 30.1 Å². The summed E-state index contributed by atoms with van der Waals surface area (Å²) in [7, 11) is 0. The van der Waals surface area contributed by atoms with E-state index in [0.717, 1.165) is 5.69 Å². The van der Waals surface area contributed by atoms with Crippen LogP contribution in [0.2, 0.25) is 0 Å². The van der Waals surface area contributed by atoms with E-state index in [1.165, 1.54) is 0 Å². The van der Waals surface area contributed by atoms with E-state index < -0.39 is 29.6 Å². The number of thiocarbonyl (C=S) groups is 1. The van der Waals surface area contributed by atoms with E-state index in [1.807, 2.05) is 6.07 Å². The number of cyclic esters (lactones) is 1. The van der Waals surface area contributed by atoms with Crippen molar-refractivity contribution in [2.75, 3.05) is 6.61 Å². The van der Waals surface area contributed by atoms with Crippen molar-refractivity contribution in [3.8, 4) is 0 Å². The van der Waals surface area contributed by atoms with Crippen LogP contribution in [0.15, 0.2) is 24.4 Å². The summed E-state index contributed by atoms with van der Waals surface area (Å²) in [5.74, 6) is -3.13. The second-order valence-corrected chi connectivity index (χ2v) is 6.09. The molecule has 0 radical (unpaired) electrons. The molecule has 132 valence electrons. The number of rotatable bonds is 5. The van der Waals surface area contributed by atoms with Crippen LogP contribution in [0.1, 0.15) is 18.5 Å². The fourth-order valence-electron chi connectivity index (χ4n) is 2.66. The monoisotopic (exact) mass is 387 g/mol. The molecule has 3 heterocycles.